The fourth-order valence-corrected chi connectivity index (χ4v) is 3.06. The van der Waals surface area contributed by atoms with E-state index in [1.165, 1.54) is 12.0 Å². The van der Waals surface area contributed by atoms with Crippen molar-refractivity contribution in [2.75, 3.05) is 26.7 Å². The molecule has 1 atom stereocenters. The van der Waals surface area contributed by atoms with Gasteiger partial charge in [-0.25, -0.2) is 4.98 Å². The highest BCUT2D eigenvalue weighted by molar-refractivity contribution is 14.0. The Hall–Kier alpha value is -1.61. The molecule has 0 aliphatic rings. The molecule has 1 aromatic carbocycles. The molecular formula is C22H36IN5O. The molecule has 0 aliphatic heterocycles. The number of oxazole rings is 1. The van der Waals surface area contributed by atoms with Gasteiger partial charge >= 0.3 is 0 Å². The van der Waals surface area contributed by atoms with E-state index in [0.717, 1.165) is 43.3 Å². The van der Waals surface area contributed by atoms with Gasteiger partial charge in [0.2, 0.25) is 5.89 Å². The summed E-state index contributed by atoms with van der Waals surface area (Å²) in [7, 11) is 1.78. The van der Waals surface area contributed by atoms with Gasteiger partial charge < -0.3 is 20.0 Å². The van der Waals surface area contributed by atoms with E-state index < -0.39 is 0 Å². The monoisotopic (exact) mass is 513 g/mol. The van der Waals surface area contributed by atoms with Crippen LogP contribution in [0.25, 0.3) is 11.3 Å². The summed E-state index contributed by atoms with van der Waals surface area (Å²) in [6.45, 7) is 12.6. The van der Waals surface area contributed by atoms with Crippen molar-refractivity contribution in [2.24, 2.45) is 4.99 Å². The van der Waals surface area contributed by atoms with Crippen molar-refractivity contribution in [1.82, 2.24) is 20.5 Å². The summed E-state index contributed by atoms with van der Waals surface area (Å²) in [5.41, 5.74) is 2.26. The van der Waals surface area contributed by atoms with Crippen LogP contribution < -0.4 is 10.6 Å². The second kappa shape index (κ2) is 13.6. The lowest BCUT2D eigenvalue weighted by Gasteiger charge is -2.21. The molecule has 2 aromatic rings. The molecule has 2 N–H and O–H groups in total. The molecule has 1 heterocycles. The molecule has 0 saturated carbocycles. The maximum atomic E-state index is 5.86. The largest absolute Gasteiger partial charge is 0.439 e. The Morgan fingerprint density at radius 1 is 1.21 bits per heavy atom. The minimum Gasteiger partial charge on any atom is -0.439 e. The molecule has 162 valence electrons. The van der Waals surface area contributed by atoms with Crippen molar-refractivity contribution in [2.45, 2.75) is 53.1 Å². The minimum absolute atomic E-state index is 0. The van der Waals surface area contributed by atoms with Gasteiger partial charge in [-0.1, -0.05) is 43.7 Å². The SMILES string of the molecule is CCN(CC)CCCC(C)NC(=NC)NCc1ncc(-c2ccc(C)cc2)o1.I. The maximum Gasteiger partial charge on any atom is 0.214 e. The van der Waals surface area contributed by atoms with Gasteiger partial charge in [-0.15, -0.1) is 24.0 Å². The molecule has 1 unspecified atom stereocenters. The average Bonchev–Trinajstić information content (AvgIpc) is 3.18. The second-order valence-corrected chi connectivity index (χ2v) is 7.12. The third-order valence-corrected chi connectivity index (χ3v) is 4.91. The zero-order valence-electron chi connectivity index (χ0n) is 18.4. The Morgan fingerprint density at radius 2 is 1.90 bits per heavy atom. The highest BCUT2D eigenvalue weighted by atomic mass is 127. The van der Waals surface area contributed by atoms with Crippen LogP contribution in [-0.2, 0) is 6.54 Å². The van der Waals surface area contributed by atoms with Gasteiger partial charge in [0.15, 0.2) is 11.7 Å². The number of halogens is 1. The van der Waals surface area contributed by atoms with Crippen LogP contribution in [0.15, 0.2) is 39.9 Å². The number of nitrogens with one attached hydrogen (secondary N) is 2. The van der Waals surface area contributed by atoms with E-state index in [2.05, 4.69) is 65.3 Å². The average molecular weight is 513 g/mol. The molecule has 6 nitrogen and oxygen atoms in total. The highest BCUT2D eigenvalue weighted by Crippen LogP contribution is 2.20. The van der Waals surface area contributed by atoms with Crippen molar-refractivity contribution in [3.8, 4) is 11.3 Å². The fourth-order valence-electron chi connectivity index (χ4n) is 3.06. The van der Waals surface area contributed by atoms with E-state index in [-0.39, 0.29) is 24.0 Å². The van der Waals surface area contributed by atoms with E-state index in [1.807, 2.05) is 12.1 Å². The van der Waals surface area contributed by atoms with E-state index in [1.54, 1.807) is 13.2 Å². The van der Waals surface area contributed by atoms with Gasteiger partial charge in [0.05, 0.1) is 12.7 Å². The number of rotatable bonds is 10. The van der Waals surface area contributed by atoms with Gasteiger partial charge in [0.1, 0.15) is 0 Å². The quantitative estimate of drug-likeness (QED) is 0.279. The smallest absolute Gasteiger partial charge is 0.214 e. The summed E-state index contributed by atoms with van der Waals surface area (Å²) in [4.78, 5) is 11.1. The van der Waals surface area contributed by atoms with Crippen molar-refractivity contribution < 1.29 is 4.42 Å². The van der Waals surface area contributed by atoms with Crippen LogP contribution in [0.1, 0.15) is 45.1 Å². The zero-order chi connectivity index (χ0) is 20.4. The number of hydrogen-bond donors (Lipinski definition) is 2. The van der Waals surface area contributed by atoms with Gasteiger partial charge in [-0.05, 0) is 46.3 Å². The molecular weight excluding hydrogens is 477 g/mol. The normalized spacial score (nSPS) is 12.6. The number of aliphatic imine (C=N–C) groups is 1. The summed E-state index contributed by atoms with van der Waals surface area (Å²) in [5.74, 6) is 2.20. The van der Waals surface area contributed by atoms with Crippen LogP contribution >= 0.6 is 24.0 Å². The molecule has 0 spiro atoms. The lowest BCUT2D eigenvalue weighted by atomic mass is 10.1. The molecule has 0 radical (unpaired) electrons. The summed E-state index contributed by atoms with van der Waals surface area (Å²) in [6, 6.07) is 8.60. The van der Waals surface area contributed by atoms with Crippen LogP contribution in [0.2, 0.25) is 0 Å². The summed E-state index contributed by atoms with van der Waals surface area (Å²) in [6.07, 6.45) is 4.05. The second-order valence-electron chi connectivity index (χ2n) is 7.12. The fraction of sp³-hybridized carbons (Fsp3) is 0.545. The van der Waals surface area contributed by atoms with Crippen LogP contribution in [0.4, 0.5) is 0 Å². The zero-order valence-corrected chi connectivity index (χ0v) is 20.7. The van der Waals surface area contributed by atoms with Gasteiger partial charge in [-0.2, -0.15) is 0 Å². The number of hydrogen-bond acceptors (Lipinski definition) is 4. The van der Waals surface area contributed by atoms with Crippen LogP contribution in [-0.4, -0.2) is 48.6 Å². The Bertz CT molecular complexity index is 725. The summed E-state index contributed by atoms with van der Waals surface area (Å²) < 4.78 is 5.86. The van der Waals surface area contributed by atoms with E-state index >= 15 is 0 Å². The number of nitrogens with zero attached hydrogens (tertiary/aromatic N) is 3. The Balaban J connectivity index is 0.00000420. The Labute approximate surface area is 192 Å². The lowest BCUT2D eigenvalue weighted by molar-refractivity contribution is 0.292. The Kier molecular flexibility index (Phi) is 11.9. The van der Waals surface area contributed by atoms with Crippen molar-refractivity contribution in [3.05, 3.63) is 41.9 Å². The topological polar surface area (TPSA) is 65.7 Å². The standard InChI is InChI=1S/C22H35N5O.HI/c1-6-27(7-2)14-8-9-18(4)26-22(23-5)25-16-21-24-15-20(28-21)19-12-10-17(3)11-13-19;/h10-13,15,18H,6-9,14,16H2,1-5H3,(H2,23,25,26);1H. The lowest BCUT2D eigenvalue weighted by Crippen LogP contribution is -2.42. The minimum atomic E-state index is 0. The molecule has 0 fully saturated rings. The van der Waals surface area contributed by atoms with Crippen LogP contribution in [0.5, 0.6) is 0 Å². The molecule has 0 amide bonds. The molecule has 2 rings (SSSR count). The van der Waals surface area contributed by atoms with Crippen LogP contribution in [0, 0.1) is 6.92 Å². The van der Waals surface area contributed by atoms with Crippen molar-refractivity contribution >= 4 is 29.9 Å². The van der Waals surface area contributed by atoms with E-state index in [9.17, 15) is 0 Å². The van der Waals surface area contributed by atoms with Crippen molar-refractivity contribution in [3.63, 3.8) is 0 Å². The molecule has 29 heavy (non-hydrogen) atoms. The van der Waals surface area contributed by atoms with Crippen LogP contribution in [0.3, 0.4) is 0 Å². The van der Waals surface area contributed by atoms with Gasteiger partial charge in [-0.3, -0.25) is 4.99 Å². The van der Waals surface area contributed by atoms with E-state index in [4.69, 9.17) is 4.42 Å². The molecule has 0 saturated heterocycles. The first kappa shape index (κ1) is 25.4. The maximum absolute atomic E-state index is 5.86. The predicted molar refractivity (Wildman–Crippen MR) is 132 cm³/mol. The highest BCUT2D eigenvalue weighted by Gasteiger charge is 2.09. The van der Waals surface area contributed by atoms with E-state index in [0.29, 0.717) is 18.5 Å². The van der Waals surface area contributed by atoms with Crippen molar-refractivity contribution in [1.29, 1.82) is 0 Å². The number of aryl methyl sites for hydroxylation is 1. The van der Waals surface area contributed by atoms with Gasteiger partial charge in [0.25, 0.3) is 0 Å². The van der Waals surface area contributed by atoms with Gasteiger partial charge in [0, 0.05) is 18.7 Å². The Morgan fingerprint density at radius 3 is 2.52 bits per heavy atom. The molecule has 1 aromatic heterocycles. The summed E-state index contributed by atoms with van der Waals surface area (Å²) in [5, 5.41) is 6.73. The molecule has 7 heteroatoms. The third-order valence-electron chi connectivity index (χ3n) is 4.91. The first-order valence-electron chi connectivity index (χ1n) is 10.3. The third kappa shape index (κ3) is 8.74. The number of aromatic nitrogens is 1. The molecule has 0 aliphatic carbocycles. The first-order chi connectivity index (χ1) is 13.5. The number of benzene rings is 1. The first-order valence-corrected chi connectivity index (χ1v) is 10.3. The molecule has 0 bridgehead atoms. The number of guanidine groups is 1. The summed E-state index contributed by atoms with van der Waals surface area (Å²) >= 11 is 0. The predicted octanol–water partition coefficient (Wildman–Crippen LogP) is 4.44.